The van der Waals surface area contributed by atoms with Crippen LogP contribution in [0.3, 0.4) is 0 Å². The Hall–Kier alpha value is -4.07. The molecule has 8 heteroatoms. The Morgan fingerprint density at radius 2 is 1.85 bits per heavy atom. The van der Waals surface area contributed by atoms with Gasteiger partial charge in [0.2, 0.25) is 0 Å². The van der Waals surface area contributed by atoms with E-state index in [0.717, 1.165) is 29.8 Å². The van der Waals surface area contributed by atoms with Gasteiger partial charge in [0.05, 0.1) is 36.7 Å². The zero-order chi connectivity index (χ0) is 24.1. The Bertz CT molecular complexity index is 1200. The van der Waals surface area contributed by atoms with E-state index in [0.29, 0.717) is 29.1 Å². The van der Waals surface area contributed by atoms with Crippen molar-refractivity contribution < 1.29 is 19.1 Å². The van der Waals surface area contributed by atoms with Gasteiger partial charge in [-0.05, 0) is 49.7 Å². The molecule has 0 fully saturated rings. The summed E-state index contributed by atoms with van der Waals surface area (Å²) in [5, 5.41) is 10.4. The van der Waals surface area contributed by atoms with E-state index in [1.165, 1.54) is 7.11 Å². The first-order valence-electron chi connectivity index (χ1n) is 11.3. The summed E-state index contributed by atoms with van der Waals surface area (Å²) in [5.74, 6) is 0.260. The number of methoxy groups -OCH3 is 1. The molecule has 2 N–H and O–H groups in total. The van der Waals surface area contributed by atoms with Crippen molar-refractivity contribution in [1.29, 1.82) is 0 Å². The van der Waals surface area contributed by atoms with Crippen LogP contribution < -0.4 is 15.4 Å². The zero-order valence-electron chi connectivity index (χ0n) is 19.5. The van der Waals surface area contributed by atoms with E-state index < -0.39 is 18.0 Å². The number of para-hydroxylation sites is 1. The number of esters is 1. The first-order chi connectivity index (χ1) is 16.5. The monoisotopic (exact) mass is 460 g/mol. The first-order valence-corrected chi connectivity index (χ1v) is 11.3. The number of unbranched alkanes of at least 4 members (excludes halogenated alkanes) is 1. The number of hydrogen-bond acceptors (Lipinski definition) is 5. The van der Waals surface area contributed by atoms with Crippen molar-refractivity contribution in [3.8, 4) is 22.7 Å². The topological polar surface area (TPSA) is 94.5 Å². The van der Waals surface area contributed by atoms with Gasteiger partial charge < -0.3 is 20.1 Å². The Morgan fingerprint density at radius 3 is 2.53 bits per heavy atom. The third-order valence-electron chi connectivity index (χ3n) is 5.64. The molecule has 1 aromatic heterocycles. The van der Waals surface area contributed by atoms with Gasteiger partial charge in [-0.3, -0.25) is 0 Å². The Labute approximate surface area is 198 Å². The van der Waals surface area contributed by atoms with Gasteiger partial charge in [-0.25, -0.2) is 14.3 Å². The van der Waals surface area contributed by atoms with Gasteiger partial charge in [0.1, 0.15) is 5.75 Å². The summed E-state index contributed by atoms with van der Waals surface area (Å²) in [6.45, 7) is 4.47. The molecule has 0 saturated carbocycles. The lowest BCUT2D eigenvalue weighted by atomic mass is 9.94. The summed E-state index contributed by atoms with van der Waals surface area (Å²) in [5.41, 5.74) is 3.79. The molecular weight excluding hydrogens is 432 g/mol. The fourth-order valence-corrected chi connectivity index (χ4v) is 3.89. The van der Waals surface area contributed by atoms with Gasteiger partial charge in [0.15, 0.2) is 0 Å². The second-order valence-corrected chi connectivity index (χ2v) is 8.00. The first kappa shape index (κ1) is 23.1. The molecule has 34 heavy (non-hydrogen) atoms. The van der Waals surface area contributed by atoms with E-state index in [-0.39, 0.29) is 0 Å². The Kier molecular flexibility index (Phi) is 6.96. The number of benzene rings is 2. The highest BCUT2D eigenvalue weighted by molar-refractivity contribution is 5.95. The van der Waals surface area contributed by atoms with Crippen molar-refractivity contribution in [2.24, 2.45) is 0 Å². The van der Waals surface area contributed by atoms with Crippen LogP contribution in [0.4, 0.5) is 4.79 Å². The minimum atomic E-state index is -0.728. The van der Waals surface area contributed by atoms with E-state index in [1.807, 2.05) is 60.8 Å². The highest BCUT2D eigenvalue weighted by atomic mass is 16.5. The maximum atomic E-state index is 12.6. The Morgan fingerprint density at radius 1 is 1.12 bits per heavy atom. The second kappa shape index (κ2) is 10.2. The average Bonchev–Trinajstić information content (AvgIpc) is 3.30. The largest absolute Gasteiger partial charge is 0.494 e. The molecule has 176 valence electrons. The van der Waals surface area contributed by atoms with Gasteiger partial charge in [0.25, 0.3) is 0 Å². The van der Waals surface area contributed by atoms with Crippen molar-refractivity contribution in [3.05, 3.63) is 77.6 Å². The SMILES string of the molecule is CCCCOc1ccc(-c2nn(-c3ccccc3)cc2[C@H]2NC(=O)NC(C)=C2C(=O)OC)cc1. The van der Waals surface area contributed by atoms with Crippen LogP contribution in [-0.2, 0) is 9.53 Å². The lowest BCUT2D eigenvalue weighted by Crippen LogP contribution is -2.45. The van der Waals surface area contributed by atoms with Crippen LogP contribution in [0.15, 0.2) is 72.1 Å². The molecule has 2 amide bonds. The molecule has 2 heterocycles. The van der Waals surface area contributed by atoms with Crippen molar-refractivity contribution in [2.75, 3.05) is 13.7 Å². The highest BCUT2D eigenvalue weighted by Gasteiger charge is 2.35. The van der Waals surface area contributed by atoms with Crippen molar-refractivity contribution >= 4 is 12.0 Å². The van der Waals surface area contributed by atoms with Crippen molar-refractivity contribution in [1.82, 2.24) is 20.4 Å². The normalized spacial score (nSPS) is 15.5. The van der Waals surface area contributed by atoms with E-state index >= 15 is 0 Å². The molecular formula is C26H28N4O4. The summed E-state index contributed by atoms with van der Waals surface area (Å²) >= 11 is 0. The number of nitrogens with zero attached hydrogens (tertiary/aromatic N) is 2. The van der Waals surface area contributed by atoms with Crippen LogP contribution in [0, 0.1) is 0 Å². The van der Waals surface area contributed by atoms with Crippen LogP contribution in [0.25, 0.3) is 16.9 Å². The average molecular weight is 461 g/mol. The van der Waals surface area contributed by atoms with Crippen molar-refractivity contribution in [3.63, 3.8) is 0 Å². The van der Waals surface area contributed by atoms with Crippen LogP contribution in [0.2, 0.25) is 0 Å². The zero-order valence-corrected chi connectivity index (χ0v) is 19.5. The van der Waals surface area contributed by atoms with Crippen LogP contribution in [0.1, 0.15) is 38.3 Å². The number of ether oxygens (including phenoxy) is 2. The minimum absolute atomic E-state index is 0.329. The number of rotatable bonds is 8. The molecule has 0 spiro atoms. The lowest BCUT2D eigenvalue weighted by molar-refractivity contribution is -0.136. The third kappa shape index (κ3) is 4.80. The molecule has 3 aromatic rings. The minimum Gasteiger partial charge on any atom is -0.494 e. The van der Waals surface area contributed by atoms with E-state index in [1.54, 1.807) is 11.6 Å². The van der Waals surface area contributed by atoms with Gasteiger partial charge in [0, 0.05) is 23.0 Å². The molecule has 8 nitrogen and oxygen atoms in total. The molecule has 0 radical (unpaired) electrons. The van der Waals surface area contributed by atoms with Gasteiger partial charge in [-0.15, -0.1) is 0 Å². The molecule has 1 aliphatic rings. The summed E-state index contributed by atoms with van der Waals surface area (Å²) in [4.78, 5) is 25.0. The molecule has 1 atom stereocenters. The number of amides is 2. The maximum absolute atomic E-state index is 12.6. The smallest absolute Gasteiger partial charge is 0.337 e. The number of allylic oxidation sites excluding steroid dienone is 1. The summed E-state index contributed by atoms with van der Waals surface area (Å²) in [6.07, 6.45) is 3.89. The van der Waals surface area contributed by atoms with Gasteiger partial charge in [-0.1, -0.05) is 31.5 Å². The van der Waals surface area contributed by atoms with Crippen molar-refractivity contribution in [2.45, 2.75) is 32.7 Å². The number of nitrogens with one attached hydrogen (secondary N) is 2. The number of hydrogen-bond donors (Lipinski definition) is 2. The molecule has 2 aromatic carbocycles. The number of carbonyl (C=O) groups is 2. The van der Waals surface area contributed by atoms with Gasteiger partial charge in [-0.2, -0.15) is 5.10 Å². The maximum Gasteiger partial charge on any atom is 0.337 e. The third-order valence-corrected chi connectivity index (χ3v) is 5.64. The van der Waals surface area contributed by atoms with Crippen LogP contribution in [-0.4, -0.2) is 35.5 Å². The molecule has 4 rings (SSSR count). The molecule has 0 aliphatic carbocycles. The number of urea groups is 1. The molecule has 1 aliphatic heterocycles. The fraction of sp³-hybridized carbons (Fsp3) is 0.269. The summed E-state index contributed by atoms with van der Waals surface area (Å²) in [7, 11) is 1.32. The lowest BCUT2D eigenvalue weighted by Gasteiger charge is -2.27. The van der Waals surface area contributed by atoms with E-state index in [2.05, 4.69) is 17.6 Å². The van der Waals surface area contributed by atoms with E-state index in [9.17, 15) is 9.59 Å². The van der Waals surface area contributed by atoms with Gasteiger partial charge >= 0.3 is 12.0 Å². The predicted octanol–water partition coefficient (Wildman–Crippen LogP) is 4.52. The number of carbonyl (C=O) groups excluding carboxylic acids is 2. The molecule has 0 saturated heterocycles. The molecule has 0 unspecified atom stereocenters. The van der Waals surface area contributed by atoms with E-state index in [4.69, 9.17) is 14.6 Å². The standard InChI is InChI=1S/C26H28N4O4/c1-4-5-15-34-20-13-11-18(12-14-20)23-21(16-30(29-23)19-9-7-6-8-10-19)24-22(25(31)33-3)17(2)27-26(32)28-24/h6-14,16,24H,4-5,15H2,1-3H3,(H2,27,28,32)/t24-/m1/s1. The summed E-state index contributed by atoms with van der Waals surface area (Å²) < 4.78 is 12.5. The number of aromatic nitrogens is 2. The highest BCUT2D eigenvalue weighted by Crippen LogP contribution is 2.35. The van der Waals surface area contributed by atoms with Crippen LogP contribution in [0.5, 0.6) is 5.75 Å². The Balaban J connectivity index is 1.80. The summed E-state index contributed by atoms with van der Waals surface area (Å²) in [6, 6.07) is 16.2. The fourth-order valence-electron chi connectivity index (χ4n) is 3.89. The molecule has 0 bridgehead atoms. The van der Waals surface area contributed by atoms with Crippen LogP contribution >= 0.6 is 0 Å². The quantitative estimate of drug-likeness (QED) is 0.381. The second-order valence-electron chi connectivity index (χ2n) is 8.00. The predicted molar refractivity (Wildman–Crippen MR) is 129 cm³/mol.